The zero-order valence-corrected chi connectivity index (χ0v) is 8.73. The Balaban J connectivity index is 2.14. The fourth-order valence-electron chi connectivity index (χ4n) is 1.83. The number of ether oxygens (including phenoxy) is 1. The number of para-hydroxylation sites is 1. The molecule has 0 spiro atoms. The van der Waals surface area contributed by atoms with Crippen LogP contribution in [0.1, 0.15) is 18.9 Å². The standard InChI is InChI=1S/C12H14N2O/c1-9-11(6-7-15-9)14-12-5-3-2-4-10(12)8-13/h2-5,9,11,14H,6-7H2,1H3. The van der Waals surface area contributed by atoms with Crippen molar-refractivity contribution < 1.29 is 4.74 Å². The molecule has 1 heterocycles. The molecule has 3 heteroatoms. The molecule has 0 saturated carbocycles. The summed E-state index contributed by atoms with van der Waals surface area (Å²) in [6.45, 7) is 2.85. The van der Waals surface area contributed by atoms with Crippen molar-refractivity contribution in [2.75, 3.05) is 11.9 Å². The number of rotatable bonds is 2. The predicted molar refractivity (Wildman–Crippen MR) is 58.6 cm³/mol. The summed E-state index contributed by atoms with van der Waals surface area (Å²) in [5.41, 5.74) is 1.60. The molecular weight excluding hydrogens is 188 g/mol. The molecule has 1 aromatic rings. The van der Waals surface area contributed by atoms with Gasteiger partial charge < -0.3 is 10.1 Å². The molecule has 0 aromatic heterocycles. The number of nitrogens with one attached hydrogen (secondary N) is 1. The molecule has 0 amide bonds. The third-order valence-corrected chi connectivity index (χ3v) is 2.76. The maximum absolute atomic E-state index is 8.94. The van der Waals surface area contributed by atoms with Crippen LogP contribution in [0.3, 0.4) is 0 Å². The van der Waals surface area contributed by atoms with E-state index in [4.69, 9.17) is 10.00 Å². The van der Waals surface area contributed by atoms with E-state index in [0.29, 0.717) is 11.6 Å². The highest BCUT2D eigenvalue weighted by atomic mass is 16.5. The number of nitriles is 1. The lowest BCUT2D eigenvalue weighted by Gasteiger charge is -2.17. The van der Waals surface area contributed by atoms with Crippen molar-refractivity contribution in [3.63, 3.8) is 0 Å². The number of nitrogens with zero attached hydrogens (tertiary/aromatic N) is 1. The van der Waals surface area contributed by atoms with Crippen molar-refractivity contribution in [3.8, 4) is 6.07 Å². The smallest absolute Gasteiger partial charge is 0.101 e. The molecule has 0 bridgehead atoms. The van der Waals surface area contributed by atoms with Crippen LogP contribution in [0.4, 0.5) is 5.69 Å². The van der Waals surface area contributed by atoms with Gasteiger partial charge in [-0.2, -0.15) is 5.26 Å². The van der Waals surface area contributed by atoms with Gasteiger partial charge in [0.05, 0.1) is 23.4 Å². The Kier molecular flexibility index (Phi) is 2.89. The second-order valence-electron chi connectivity index (χ2n) is 3.77. The van der Waals surface area contributed by atoms with E-state index < -0.39 is 0 Å². The summed E-state index contributed by atoms with van der Waals surface area (Å²) in [5, 5.41) is 12.3. The van der Waals surface area contributed by atoms with Crippen LogP contribution < -0.4 is 5.32 Å². The van der Waals surface area contributed by atoms with Crippen molar-refractivity contribution >= 4 is 5.69 Å². The highest BCUT2D eigenvalue weighted by Gasteiger charge is 2.24. The van der Waals surface area contributed by atoms with E-state index in [9.17, 15) is 0 Å². The van der Waals surface area contributed by atoms with Crippen molar-refractivity contribution in [1.82, 2.24) is 0 Å². The Bertz CT molecular complexity index is 383. The summed E-state index contributed by atoms with van der Waals surface area (Å²) >= 11 is 0. The number of hydrogen-bond acceptors (Lipinski definition) is 3. The number of anilines is 1. The summed E-state index contributed by atoms with van der Waals surface area (Å²) in [7, 11) is 0. The first-order valence-electron chi connectivity index (χ1n) is 5.18. The largest absolute Gasteiger partial charge is 0.379 e. The van der Waals surface area contributed by atoms with Crippen LogP contribution >= 0.6 is 0 Å². The topological polar surface area (TPSA) is 45.0 Å². The summed E-state index contributed by atoms with van der Waals surface area (Å²) in [4.78, 5) is 0. The van der Waals surface area contributed by atoms with Gasteiger partial charge in [-0.3, -0.25) is 0 Å². The summed E-state index contributed by atoms with van der Waals surface area (Å²) in [6, 6.07) is 10.1. The van der Waals surface area contributed by atoms with Crippen LogP contribution in [0.15, 0.2) is 24.3 Å². The first-order chi connectivity index (χ1) is 7.31. The van der Waals surface area contributed by atoms with Gasteiger partial charge in [0, 0.05) is 6.61 Å². The molecule has 1 aromatic carbocycles. The lowest BCUT2D eigenvalue weighted by molar-refractivity contribution is 0.121. The molecule has 0 aliphatic carbocycles. The van der Waals surface area contributed by atoms with Crippen molar-refractivity contribution in [2.24, 2.45) is 0 Å². The fraction of sp³-hybridized carbons (Fsp3) is 0.417. The monoisotopic (exact) mass is 202 g/mol. The zero-order valence-electron chi connectivity index (χ0n) is 8.73. The second kappa shape index (κ2) is 4.33. The Morgan fingerprint density at radius 2 is 2.27 bits per heavy atom. The van der Waals surface area contributed by atoms with E-state index in [1.165, 1.54) is 0 Å². The fourth-order valence-corrected chi connectivity index (χ4v) is 1.83. The van der Waals surface area contributed by atoms with Crippen LogP contribution in [0.25, 0.3) is 0 Å². The maximum atomic E-state index is 8.94. The normalized spacial score (nSPS) is 24.8. The van der Waals surface area contributed by atoms with Gasteiger partial charge in [0.15, 0.2) is 0 Å². The maximum Gasteiger partial charge on any atom is 0.101 e. The van der Waals surface area contributed by atoms with Gasteiger partial charge >= 0.3 is 0 Å². The van der Waals surface area contributed by atoms with E-state index in [2.05, 4.69) is 18.3 Å². The van der Waals surface area contributed by atoms with Gasteiger partial charge in [-0.25, -0.2) is 0 Å². The molecule has 1 N–H and O–H groups in total. The van der Waals surface area contributed by atoms with E-state index in [1.807, 2.05) is 24.3 Å². The van der Waals surface area contributed by atoms with Gasteiger partial charge in [0.25, 0.3) is 0 Å². The third kappa shape index (κ3) is 2.11. The first kappa shape index (κ1) is 10.0. The van der Waals surface area contributed by atoms with Gasteiger partial charge in [-0.15, -0.1) is 0 Å². The molecule has 0 radical (unpaired) electrons. The molecule has 1 aliphatic rings. The van der Waals surface area contributed by atoms with Crippen LogP contribution in [0, 0.1) is 11.3 Å². The molecule has 78 valence electrons. The number of benzene rings is 1. The molecule has 1 fully saturated rings. The molecule has 2 atom stereocenters. The van der Waals surface area contributed by atoms with Gasteiger partial charge in [-0.1, -0.05) is 12.1 Å². The molecule has 2 rings (SSSR count). The molecule has 2 unspecified atom stereocenters. The van der Waals surface area contributed by atoms with Crippen molar-refractivity contribution in [3.05, 3.63) is 29.8 Å². The van der Waals surface area contributed by atoms with Crippen LogP contribution in [-0.2, 0) is 4.74 Å². The average Bonchev–Trinajstić information content (AvgIpc) is 2.65. The molecular formula is C12H14N2O. The highest BCUT2D eigenvalue weighted by Crippen LogP contribution is 2.21. The van der Waals surface area contributed by atoms with Crippen LogP contribution in [-0.4, -0.2) is 18.8 Å². The van der Waals surface area contributed by atoms with E-state index in [1.54, 1.807) is 0 Å². The predicted octanol–water partition coefficient (Wildman–Crippen LogP) is 2.15. The molecule has 3 nitrogen and oxygen atoms in total. The van der Waals surface area contributed by atoms with E-state index >= 15 is 0 Å². The summed E-state index contributed by atoms with van der Waals surface area (Å²) < 4.78 is 5.47. The Morgan fingerprint density at radius 1 is 1.47 bits per heavy atom. The third-order valence-electron chi connectivity index (χ3n) is 2.76. The minimum absolute atomic E-state index is 0.219. The SMILES string of the molecule is CC1OCCC1Nc1ccccc1C#N. The second-order valence-corrected chi connectivity index (χ2v) is 3.77. The highest BCUT2D eigenvalue weighted by molar-refractivity contribution is 5.57. The van der Waals surface area contributed by atoms with Gasteiger partial charge in [-0.05, 0) is 25.5 Å². The quantitative estimate of drug-likeness (QED) is 0.799. The van der Waals surface area contributed by atoms with Crippen LogP contribution in [0.5, 0.6) is 0 Å². The number of hydrogen-bond donors (Lipinski definition) is 1. The lowest BCUT2D eigenvalue weighted by Crippen LogP contribution is -2.26. The van der Waals surface area contributed by atoms with Crippen molar-refractivity contribution in [1.29, 1.82) is 5.26 Å². The Morgan fingerprint density at radius 3 is 2.93 bits per heavy atom. The van der Waals surface area contributed by atoms with Gasteiger partial charge in [0.1, 0.15) is 6.07 Å². The zero-order chi connectivity index (χ0) is 10.7. The summed E-state index contributed by atoms with van der Waals surface area (Å²) in [6.07, 6.45) is 1.22. The summed E-state index contributed by atoms with van der Waals surface area (Å²) in [5.74, 6) is 0. The first-order valence-corrected chi connectivity index (χ1v) is 5.18. The lowest BCUT2D eigenvalue weighted by atomic mass is 10.1. The molecule has 1 aliphatic heterocycles. The van der Waals surface area contributed by atoms with Crippen molar-refractivity contribution in [2.45, 2.75) is 25.5 Å². The minimum atomic E-state index is 0.219. The Hall–Kier alpha value is -1.53. The molecule has 15 heavy (non-hydrogen) atoms. The van der Waals surface area contributed by atoms with E-state index in [0.717, 1.165) is 18.7 Å². The average molecular weight is 202 g/mol. The Labute approximate surface area is 89.7 Å². The molecule has 1 saturated heterocycles. The van der Waals surface area contributed by atoms with E-state index in [-0.39, 0.29) is 6.10 Å². The van der Waals surface area contributed by atoms with Gasteiger partial charge in [0.2, 0.25) is 0 Å². The van der Waals surface area contributed by atoms with Crippen LogP contribution in [0.2, 0.25) is 0 Å². The minimum Gasteiger partial charge on any atom is -0.379 e.